The highest BCUT2D eigenvalue weighted by atomic mass is 16.6. The zero-order chi connectivity index (χ0) is 11.4. The minimum atomic E-state index is 0.335. The largest absolute Gasteiger partial charge is 0.379 e. The van der Waals surface area contributed by atoms with Crippen molar-refractivity contribution in [3.63, 3.8) is 0 Å². The predicted octanol–water partition coefficient (Wildman–Crippen LogP) is 2.66. The summed E-state index contributed by atoms with van der Waals surface area (Å²) in [5.41, 5.74) is 8.51. The Labute approximate surface area is 94.4 Å². The van der Waals surface area contributed by atoms with Crippen LogP contribution in [0.25, 0.3) is 11.3 Å². The van der Waals surface area contributed by atoms with Gasteiger partial charge in [0.05, 0.1) is 0 Å². The Bertz CT molecular complexity index is 448. The molecule has 0 aliphatic heterocycles. The van der Waals surface area contributed by atoms with Gasteiger partial charge in [-0.15, -0.1) is 0 Å². The molecule has 1 aromatic heterocycles. The van der Waals surface area contributed by atoms with E-state index in [1.165, 1.54) is 18.4 Å². The minimum absolute atomic E-state index is 0.335. The molecule has 0 atom stereocenters. The lowest BCUT2D eigenvalue weighted by Gasteiger charge is -2.01. The van der Waals surface area contributed by atoms with E-state index in [-0.39, 0.29) is 0 Å². The first-order chi connectivity index (χ1) is 7.81. The van der Waals surface area contributed by atoms with Crippen LogP contribution in [-0.4, -0.2) is 10.3 Å². The van der Waals surface area contributed by atoms with Gasteiger partial charge >= 0.3 is 0 Å². The van der Waals surface area contributed by atoms with Gasteiger partial charge in [-0.1, -0.05) is 37.6 Å². The zero-order valence-electron chi connectivity index (χ0n) is 9.31. The number of aryl methyl sites for hydroxylation is 1. The molecule has 0 radical (unpaired) electrons. The van der Waals surface area contributed by atoms with Crippen LogP contribution < -0.4 is 5.73 Å². The van der Waals surface area contributed by atoms with Crippen LogP contribution in [0.4, 0.5) is 5.82 Å². The van der Waals surface area contributed by atoms with Crippen molar-refractivity contribution in [1.82, 2.24) is 10.3 Å². The van der Waals surface area contributed by atoms with Gasteiger partial charge in [0, 0.05) is 5.56 Å². The minimum Gasteiger partial charge on any atom is -0.379 e. The average molecular weight is 217 g/mol. The number of nitrogen functional groups attached to an aromatic ring is 1. The van der Waals surface area contributed by atoms with Crippen LogP contribution in [0.1, 0.15) is 25.3 Å². The Morgan fingerprint density at radius 2 is 1.94 bits per heavy atom. The number of benzene rings is 1. The molecular weight excluding hydrogens is 202 g/mol. The summed E-state index contributed by atoms with van der Waals surface area (Å²) in [6, 6.07) is 8.19. The van der Waals surface area contributed by atoms with E-state index >= 15 is 0 Å². The molecule has 0 fully saturated rings. The molecule has 0 aliphatic carbocycles. The van der Waals surface area contributed by atoms with Crippen LogP contribution in [0.3, 0.4) is 0 Å². The third-order valence-corrected chi connectivity index (χ3v) is 2.56. The lowest BCUT2D eigenvalue weighted by atomic mass is 10.1. The SMILES string of the molecule is CCCCc1ccc(-c2nonc2N)cc1. The molecule has 0 spiro atoms. The first-order valence-electron chi connectivity index (χ1n) is 5.48. The second-order valence-electron chi connectivity index (χ2n) is 3.80. The zero-order valence-corrected chi connectivity index (χ0v) is 9.31. The average Bonchev–Trinajstić information content (AvgIpc) is 2.74. The fourth-order valence-corrected chi connectivity index (χ4v) is 1.61. The summed E-state index contributed by atoms with van der Waals surface area (Å²) < 4.78 is 4.57. The van der Waals surface area contributed by atoms with E-state index in [9.17, 15) is 0 Å². The fourth-order valence-electron chi connectivity index (χ4n) is 1.61. The van der Waals surface area contributed by atoms with Gasteiger partial charge in [0.25, 0.3) is 0 Å². The van der Waals surface area contributed by atoms with Crippen molar-refractivity contribution in [2.75, 3.05) is 5.73 Å². The van der Waals surface area contributed by atoms with E-state index in [1.807, 2.05) is 12.1 Å². The van der Waals surface area contributed by atoms with Gasteiger partial charge in [0.1, 0.15) is 0 Å². The van der Waals surface area contributed by atoms with E-state index in [4.69, 9.17) is 5.73 Å². The summed E-state index contributed by atoms with van der Waals surface area (Å²) in [5.74, 6) is 0.335. The lowest BCUT2D eigenvalue weighted by Crippen LogP contribution is -1.89. The summed E-state index contributed by atoms with van der Waals surface area (Å²) in [5, 5.41) is 7.32. The third-order valence-electron chi connectivity index (χ3n) is 2.56. The van der Waals surface area contributed by atoms with Gasteiger partial charge in [0.2, 0.25) is 0 Å². The number of nitrogens with zero attached hydrogens (tertiary/aromatic N) is 2. The molecule has 16 heavy (non-hydrogen) atoms. The van der Waals surface area contributed by atoms with Crippen LogP contribution in [0, 0.1) is 0 Å². The molecule has 0 unspecified atom stereocenters. The van der Waals surface area contributed by atoms with E-state index in [0.717, 1.165) is 12.0 Å². The van der Waals surface area contributed by atoms with E-state index in [2.05, 4.69) is 34.0 Å². The van der Waals surface area contributed by atoms with E-state index in [1.54, 1.807) is 0 Å². The smallest absolute Gasteiger partial charge is 0.196 e. The summed E-state index contributed by atoms with van der Waals surface area (Å²) in [6.45, 7) is 2.19. The van der Waals surface area contributed by atoms with Gasteiger partial charge in [-0.3, -0.25) is 0 Å². The number of aromatic nitrogens is 2. The Morgan fingerprint density at radius 1 is 1.19 bits per heavy atom. The lowest BCUT2D eigenvalue weighted by molar-refractivity contribution is 0.310. The number of unbranched alkanes of at least 4 members (excludes halogenated alkanes) is 1. The highest BCUT2D eigenvalue weighted by Crippen LogP contribution is 2.22. The molecule has 2 N–H and O–H groups in total. The molecule has 4 heteroatoms. The second kappa shape index (κ2) is 4.79. The van der Waals surface area contributed by atoms with E-state index in [0.29, 0.717) is 11.5 Å². The van der Waals surface area contributed by atoms with Gasteiger partial charge in [-0.25, -0.2) is 4.63 Å². The summed E-state index contributed by atoms with van der Waals surface area (Å²) in [4.78, 5) is 0. The molecule has 4 nitrogen and oxygen atoms in total. The van der Waals surface area contributed by atoms with Gasteiger partial charge < -0.3 is 5.73 Å². The van der Waals surface area contributed by atoms with Gasteiger partial charge in [0.15, 0.2) is 11.5 Å². The first-order valence-corrected chi connectivity index (χ1v) is 5.48. The van der Waals surface area contributed by atoms with Crippen LogP contribution >= 0.6 is 0 Å². The standard InChI is InChI=1S/C12H15N3O/c1-2-3-4-9-5-7-10(8-6-9)11-12(13)15-16-14-11/h5-8H,2-4H2,1H3,(H2,13,15). The highest BCUT2D eigenvalue weighted by Gasteiger charge is 2.08. The van der Waals surface area contributed by atoms with Crippen molar-refractivity contribution in [2.24, 2.45) is 0 Å². The van der Waals surface area contributed by atoms with Crippen LogP contribution in [0.15, 0.2) is 28.9 Å². The Balaban J connectivity index is 2.16. The normalized spacial score (nSPS) is 10.6. The molecule has 0 saturated carbocycles. The summed E-state index contributed by atoms with van der Waals surface area (Å²) in [6.07, 6.45) is 3.54. The maximum Gasteiger partial charge on any atom is 0.196 e. The van der Waals surface area contributed by atoms with Crippen molar-refractivity contribution >= 4 is 5.82 Å². The van der Waals surface area contributed by atoms with Crippen LogP contribution in [-0.2, 0) is 6.42 Å². The Morgan fingerprint density at radius 3 is 2.50 bits per heavy atom. The van der Waals surface area contributed by atoms with Gasteiger partial charge in [-0.05, 0) is 28.7 Å². The van der Waals surface area contributed by atoms with Crippen molar-refractivity contribution in [3.05, 3.63) is 29.8 Å². The molecule has 0 saturated heterocycles. The monoisotopic (exact) mass is 217 g/mol. The molecular formula is C12H15N3O. The molecule has 1 heterocycles. The van der Waals surface area contributed by atoms with E-state index < -0.39 is 0 Å². The first kappa shape index (κ1) is 10.7. The number of rotatable bonds is 4. The molecule has 0 aliphatic rings. The quantitative estimate of drug-likeness (QED) is 0.855. The number of nitrogens with two attached hydrogens (primary N) is 1. The molecule has 2 aromatic rings. The third kappa shape index (κ3) is 2.21. The highest BCUT2D eigenvalue weighted by molar-refractivity contribution is 5.68. The number of hydrogen-bond donors (Lipinski definition) is 1. The topological polar surface area (TPSA) is 64.9 Å². The van der Waals surface area contributed by atoms with Crippen molar-refractivity contribution < 1.29 is 4.63 Å². The number of anilines is 1. The molecule has 0 amide bonds. The molecule has 1 aromatic carbocycles. The van der Waals surface area contributed by atoms with Gasteiger partial charge in [-0.2, -0.15) is 0 Å². The van der Waals surface area contributed by atoms with Crippen LogP contribution in [0.2, 0.25) is 0 Å². The molecule has 2 rings (SSSR count). The summed E-state index contributed by atoms with van der Waals surface area (Å²) >= 11 is 0. The molecule has 0 bridgehead atoms. The summed E-state index contributed by atoms with van der Waals surface area (Å²) in [7, 11) is 0. The molecule has 84 valence electrons. The van der Waals surface area contributed by atoms with Crippen molar-refractivity contribution in [3.8, 4) is 11.3 Å². The fraction of sp³-hybridized carbons (Fsp3) is 0.333. The maximum absolute atomic E-state index is 5.62. The Hall–Kier alpha value is -1.84. The van der Waals surface area contributed by atoms with Crippen molar-refractivity contribution in [1.29, 1.82) is 0 Å². The predicted molar refractivity (Wildman–Crippen MR) is 62.8 cm³/mol. The van der Waals surface area contributed by atoms with Crippen LogP contribution in [0.5, 0.6) is 0 Å². The number of hydrogen-bond acceptors (Lipinski definition) is 4. The Kier molecular flexibility index (Phi) is 3.19. The maximum atomic E-state index is 5.62. The second-order valence-corrected chi connectivity index (χ2v) is 3.80. The van der Waals surface area contributed by atoms with Crippen molar-refractivity contribution in [2.45, 2.75) is 26.2 Å².